The van der Waals surface area contributed by atoms with Gasteiger partial charge in [0.2, 0.25) is 10.0 Å². The second-order valence-electron chi connectivity index (χ2n) is 4.61. The van der Waals surface area contributed by atoms with Crippen molar-refractivity contribution in [1.29, 1.82) is 0 Å². The number of anilines is 1. The highest BCUT2D eigenvalue weighted by molar-refractivity contribution is 7.89. The van der Waals surface area contributed by atoms with E-state index in [0.29, 0.717) is 4.90 Å². The molecular formula is C14H18N2O2S2. The van der Waals surface area contributed by atoms with Crippen LogP contribution in [0.5, 0.6) is 0 Å². The van der Waals surface area contributed by atoms with Crippen LogP contribution < -0.4 is 10.0 Å². The Bertz CT molecular complexity index is 679. The number of thiophene rings is 1. The molecule has 2 N–H and O–H groups in total. The number of sulfonamides is 1. The molecule has 2 rings (SSSR count). The van der Waals surface area contributed by atoms with Gasteiger partial charge in [-0.25, -0.2) is 13.1 Å². The molecule has 0 radical (unpaired) electrons. The maximum absolute atomic E-state index is 12.0. The van der Waals surface area contributed by atoms with Gasteiger partial charge in [-0.3, -0.25) is 0 Å². The summed E-state index contributed by atoms with van der Waals surface area (Å²) in [5, 5.41) is 7.43. The van der Waals surface area contributed by atoms with Gasteiger partial charge in [-0.05, 0) is 61.0 Å². The number of hydrogen-bond donors (Lipinski definition) is 2. The van der Waals surface area contributed by atoms with E-state index in [4.69, 9.17) is 0 Å². The van der Waals surface area contributed by atoms with E-state index in [1.807, 2.05) is 24.4 Å². The molecule has 108 valence electrons. The second kappa shape index (κ2) is 5.95. The normalized spacial score (nSPS) is 13.2. The second-order valence-corrected chi connectivity index (χ2v) is 7.25. The Hall–Kier alpha value is -1.37. The number of hydrogen-bond acceptors (Lipinski definition) is 4. The van der Waals surface area contributed by atoms with Crippen LogP contribution in [-0.4, -0.2) is 15.5 Å². The summed E-state index contributed by atoms with van der Waals surface area (Å²) < 4.78 is 26.3. The van der Waals surface area contributed by atoms with E-state index in [0.717, 1.165) is 11.3 Å². The van der Waals surface area contributed by atoms with Crippen molar-refractivity contribution in [2.75, 3.05) is 12.4 Å². The zero-order chi connectivity index (χ0) is 14.8. The third kappa shape index (κ3) is 3.20. The smallest absolute Gasteiger partial charge is 0.240 e. The Morgan fingerprint density at radius 3 is 2.60 bits per heavy atom. The Kier molecular flexibility index (Phi) is 4.47. The molecule has 0 saturated heterocycles. The summed E-state index contributed by atoms with van der Waals surface area (Å²) in [5.41, 5.74) is 2.71. The highest BCUT2D eigenvalue weighted by atomic mass is 32.2. The van der Waals surface area contributed by atoms with Crippen LogP contribution >= 0.6 is 11.3 Å². The molecule has 0 saturated carbocycles. The van der Waals surface area contributed by atoms with Crippen molar-refractivity contribution in [1.82, 2.24) is 4.72 Å². The lowest BCUT2D eigenvalue weighted by Crippen LogP contribution is -2.20. The van der Waals surface area contributed by atoms with E-state index in [1.54, 1.807) is 24.3 Å². The van der Waals surface area contributed by atoms with Gasteiger partial charge >= 0.3 is 0 Å². The van der Waals surface area contributed by atoms with Gasteiger partial charge in [0.05, 0.1) is 4.90 Å². The molecule has 2 aromatic rings. The first kappa shape index (κ1) is 15.0. The molecule has 1 atom stereocenters. The zero-order valence-electron chi connectivity index (χ0n) is 11.7. The number of rotatable bonds is 5. The molecule has 0 aliphatic rings. The maximum atomic E-state index is 12.0. The van der Waals surface area contributed by atoms with E-state index < -0.39 is 10.0 Å². The Balaban J connectivity index is 2.28. The minimum absolute atomic E-state index is 0.133. The average molecular weight is 310 g/mol. The maximum Gasteiger partial charge on any atom is 0.240 e. The molecule has 1 aromatic carbocycles. The largest absolute Gasteiger partial charge is 0.378 e. The lowest BCUT2D eigenvalue weighted by Gasteiger charge is -2.16. The number of nitrogens with one attached hydrogen (secondary N) is 2. The van der Waals surface area contributed by atoms with Gasteiger partial charge in [-0.1, -0.05) is 6.07 Å². The van der Waals surface area contributed by atoms with Crippen molar-refractivity contribution in [3.63, 3.8) is 0 Å². The molecule has 1 aromatic heterocycles. The van der Waals surface area contributed by atoms with E-state index in [1.165, 1.54) is 12.6 Å². The quantitative estimate of drug-likeness (QED) is 0.892. The van der Waals surface area contributed by atoms with Crippen LogP contribution in [0.1, 0.15) is 24.1 Å². The first-order valence-corrected chi connectivity index (χ1v) is 8.69. The average Bonchev–Trinajstić information content (AvgIpc) is 2.95. The summed E-state index contributed by atoms with van der Waals surface area (Å²) in [6.07, 6.45) is 0. The fourth-order valence-corrected chi connectivity index (χ4v) is 3.69. The van der Waals surface area contributed by atoms with E-state index >= 15 is 0 Å². The molecule has 4 nitrogen and oxygen atoms in total. The fourth-order valence-electron chi connectivity index (χ4n) is 1.94. The predicted molar refractivity (Wildman–Crippen MR) is 83.8 cm³/mol. The standard InChI is InChI=1S/C14H18N2O2S2/c1-10-4-5-13(8-14(10)20(17,18)15-3)16-11(2)12-6-7-19-9-12/h4-9,11,15-16H,1-3H3. The summed E-state index contributed by atoms with van der Waals surface area (Å²) in [6, 6.07) is 7.57. The molecule has 1 heterocycles. The Labute approximate surface area is 123 Å². The first-order chi connectivity index (χ1) is 9.44. The van der Waals surface area contributed by atoms with Crippen LogP contribution in [0.4, 0.5) is 5.69 Å². The summed E-state index contributed by atoms with van der Waals surface area (Å²) in [4.78, 5) is 0.308. The van der Waals surface area contributed by atoms with Crippen LogP contribution in [0.2, 0.25) is 0 Å². The van der Waals surface area contributed by atoms with Crippen LogP contribution in [-0.2, 0) is 10.0 Å². The summed E-state index contributed by atoms with van der Waals surface area (Å²) in [5.74, 6) is 0. The highest BCUT2D eigenvalue weighted by Gasteiger charge is 2.15. The predicted octanol–water partition coefficient (Wildman–Crippen LogP) is 3.14. The SMILES string of the molecule is CNS(=O)(=O)c1cc(NC(C)c2ccsc2)ccc1C. The summed E-state index contributed by atoms with van der Waals surface area (Å²) in [6.45, 7) is 3.84. The van der Waals surface area contributed by atoms with Crippen LogP contribution in [0.15, 0.2) is 39.9 Å². The van der Waals surface area contributed by atoms with Gasteiger partial charge in [0.15, 0.2) is 0 Å². The third-order valence-electron chi connectivity index (χ3n) is 3.17. The molecular weight excluding hydrogens is 292 g/mol. The minimum Gasteiger partial charge on any atom is -0.378 e. The highest BCUT2D eigenvalue weighted by Crippen LogP contribution is 2.24. The topological polar surface area (TPSA) is 58.2 Å². The first-order valence-electron chi connectivity index (χ1n) is 6.27. The molecule has 0 spiro atoms. The van der Waals surface area contributed by atoms with Crippen molar-refractivity contribution in [3.8, 4) is 0 Å². The van der Waals surface area contributed by atoms with Gasteiger partial charge in [-0.2, -0.15) is 11.3 Å². The van der Waals surface area contributed by atoms with E-state index in [9.17, 15) is 8.42 Å². The molecule has 0 fully saturated rings. The molecule has 1 unspecified atom stereocenters. The van der Waals surface area contributed by atoms with Crippen molar-refractivity contribution < 1.29 is 8.42 Å². The van der Waals surface area contributed by atoms with Crippen molar-refractivity contribution in [2.24, 2.45) is 0 Å². The molecule has 0 amide bonds. The number of aryl methyl sites for hydroxylation is 1. The third-order valence-corrected chi connectivity index (χ3v) is 5.43. The van der Waals surface area contributed by atoms with Crippen LogP contribution in [0.25, 0.3) is 0 Å². The Morgan fingerprint density at radius 2 is 2.00 bits per heavy atom. The molecule has 20 heavy (non-hydrogen) atoms. The van der Waals surface area contributed by atoms with Gasteiger partial charge in [0.25, 0.3) is 0 Å². The summed E-state index contributed by atoms with van der Waals surface area (Å²) in [7, 11) is -2.01. The van der Waals surface area contributed by atoms with Gasteiger partial charge in [0.1, 0.15) is 0 Å². The molecule has 0 aliphatic heterocycles. The van der Waals surface area contributed by atoms with Gasteiger partial charge in [-0.15, -0.1) is 0 Å². The summed E-state index contributed by atoms with van der Waals surface area (Å²) >= 11 is 1.65. The lowest BCUT2D eigenvalue weighted by atomic mass is 10.1. The van der Waals surface area contributed by atoms with Crippen molar-refractivity contribution in [3.05, 3.63) is 46.2 Å². The van der Waals surface area contributed by atoms with Crippen LogP contribution in [0, 0.1) is 6.92 Å². The minimum atomic E-state index is -3.43. The lowest BCUT2D eigenvalue weighted by molar-refractivity contribution is 0.587. The zero-order valence-corrected chi connectivity index (χ0v) is 13.3. The van der Waals surface area contributed by atoms with Gasteiger partial charge < -0.3 is 5.32 Å². The van der Waals surface area contributed by atoms with Crippen LogP contribution in [0.3, 0.4) is 0 Å². The molecule has 0 bridgehead atoms. The monoisotopic (exact) mass is 310 g/mol. The molecule has 0 aliphatic carbocycles. The van der Waals surface area contributed by atoms with E-state index in [2.05, 4.69) is 21.5 Å². The van der Waals surface area contributed by atoms with Gasteiger partial charge in [0, 0.05) is 11.7 Å². The number of benzene rings is 1. The molecule has 6 heteroatoms. The fraction of sp³-hybridized carbons (Fsp3) is 0.286. The van der Waals surface area contributed by atoms with Crippen molar-refractivity contribution >= 4 is 27.0 Å². The van der Waals surface area contributed by atoms with Crippen molar-refractivity contribution in [2.45, 2.75) is 24.8 Å². The Morgan fingerprint density at radius 1 is 1.25 bits per heavy atom. The van der Waals surface area contributed by atoms with E-state index in [-0.39, 0.29) is 6.04 Å².